The van der Waals surface area contributed by atoms with Gasteiger partial charge in [0.2, 0.25) is 0 Å². The van der Waals surface area contributed by atoms with E-state index in [1.807, 2.05) is 0 Å². The Bertz CT molecular complexity index is 317. The van der Waals surface area contributed by atoms with Crippen LogP contribution in [0.4, 0.5) is 0 Å². The molecule has 9 heteroatoms. The molecule has 1 heterocycles. The summed E-state index contributed by atoms with van der Waals surface area (Å²) < 4.78 is 0. The molecule has 1 fully saturated rings. The molecule has 124 valence electrons. The molecule has 0 bridgehead atoms. The van der Waals surface area contributed by atoms with E-state index < -0.39 is 23.9 Å². The van der Waals surface area contributed by atoms with E-state index in [-0.39, 0.29) is 18.5 Å². The molecule has 8 N–H and O–H groups in total. The fourth-order valence-electron chi connectivity index (χ4n) is 1.18. The summed E-state index contributed by atoms with van der Waals surface area (Å²) in [5.74, 6) is -2.60. The SMILES string of the molecule is CC(C)[C@H](N)C(=O)O.NCC(=O)O.O=C(O)[C@@H]1CCCN1. The number of aliphatic carboxylic acids is 3. The zero-order valence-electron chi connectivity index (χ0n) is 12.3. The van der Waals surface area contributed by atoms with E-state index in [1.165, 1.54) is 0 Å². The quantitative estimate of drug-likeness (QED) is 0.376. The first-order chi connectivity index (χ1) is 9.63. The number of carboxylic acid groups (broad SMARTS) is 3. The Labute approximate surface area is 123 Å². The van der Waals surface area contributed by atoms with Crippen molar-refractivity contribution < 1.29 is 29.7 Å². The van der Waals surface area contributed by atoms with E-state index >= 15 is 0 Å². The fraction of sp³-hybridized carbons (Fsp3) is 0.750. The molecule has 1 saturated heterocycles. The minimum absolute atomic E-state index is 0.0208. The van der Waals surface area contributed by atoms with Gasteiger partial charge in [0.1, 0.15) is 12.1 Å². The lowest BCUT2D eigenvalue weighted by atomic mass is 10.1. The second kappa shape index (κ2) is 12.1. The van der Waals surface area contributed by atoms with Crippen LogP contribution in [0.5, 0.6) is 0 Å². The summed E-state index contributed by atoms with van der Waals surface area (Å²) in [5, 5.41) is 27.0. The predicted octanol–water partition coefficient (Wildman–Crippen LogP) is -1.09. The molecule has 0 aromatic carbocycles. The normalized spacial score (nSPS) is 17.9. The van der Waals surface area contributed by atoms with Gasteiger partial charge < -0.3 is 32.1 Å². The van der Waals surface area contributed by atoms with Gasteiger partial charge in [-0.25, -0.2) is 0 Å². The summed E-state index contributed by atoms with van der Waals surface area (Å²) in [6, 6.07) is -0.981. The maximum Gasteiger partial charge on any atom is 0.320 e. The first-order valence-electron chi connectivity index (χ1n) is 6.49. The lowest BCUT2D eigenvalue weighted by molar-refractivity contribution is -0.140. The fourth-order valence-corrected chi connectivity index (χ4v) is 1.18. The van der Waals surface area contributed by atoms with Crippen LogP contribution in [0.15, 0.2) is 0 Å². The summed E-state index contributed by atoms with van der Waals surface area (Å²) in [7, 11) is 0. The summed E-state index contributed by atoms with van der Waals surface area (Å²) >= 11 is 0. The van der Waals surface area contributed by atoms with Crippen LogP contribution in [0.25, 0.3) is 0 Å². The highest BCUT2D eigenvalue weighted by Gasteiger charge is 2.20. The molecule has 0 aromatic rings. The highest BCUT2D eigenvalue weighted by molar-refractivity contribution is 5.73. The van der Waals surface area contributed by atoms with Crippen LogP contribution in [-0.2, 0) is 14.4 Å². The van der Waals surface area contributed by atoms with Crippen LogP contribution in [0.2, 0.25) is 0 Å². The second-order valence-electron chi connectivity index (χ2n) is 4.69. The number of hydrogen-bond donors (Lipinski definition) is 6. The smallest absolute Gasteiger partial charge is 0.320 e. The predicted molar refractivity (Wildman–Crippen MR) is 75.8 cm³/mol. The molecule has 1 rings (SSSR count). The Morgan fingerprint density at radius 2 is 1.71 bits per heavy atom. The minimum Gasteiger partial charge on any atom is -0.480 e. The van der Waals surface area contributed by atoms with E-state index in [9.17, 15) is 14.4 Å². The third-order valence-electron chi connectivity index (χ3n) is 2.54. The first kappa shape index (κ1) is 21.6. The third kappa shape index (κ3) is 13.0. The van der Waals surface area contributed by atoms with Crippen LogP contribution >= 0.6 is 0 Å². The van der Waals surface area contributed by atoms with Crippen molar-refractivity contribution in [3.8, 4) is 0 Å². The number of carboxylic acids is 3. The van der Waals surface area contributed by atoms with Crippen molar-refractivity contribution >= 4 is 17.9 Å². The molecule has 9 nitrogen and oxygen atoms in total. The Morgan fingerprint density at radius 1 is 1.24 bits per heavy atom. The average Bonchev–Trinajstić information content (AvgIpc) is 2.93. The Morgan fingerprint density at radius 3 is 1.81 bits per heavy atom. The molecule has 0 radical (unpaired) electrons. The van der Waals surface area contributed by atoms with Crippen LogP contribution < -0.4 is 16.8 Å². The van der Waals surface area contributed by atoms with Gasteiger partial charge in [-0.15, -0.1) is 0 Å². The largest absolute Gasteiger partial charge is 0.480 e. The minimum atomic E-state index is -0.968. The molecular weight excluding hydrogens is 282 g/mol. The van der Waals surface area contributed by atoms with Gasteiger partial charge in [0.25, 0.3) is 0 Å². The van der Waals surface area contributed by atoms with Gasteiger partial charge in [0, 0.05) is 0 Å². The van der Waals surface area contributed by atoms with Gasteiger partial charge in [0.15, 0.2) is 0 Å². The maximum atomic E-state index is 10.1. The topological polar surface area (TPSA) is 176 Å². The number of nitrogens with one attached hydrogen (secondary N) is 1. The summed E-state index contributed by atoms with van der Waals surface area (Å²) in [6.07, 6.45) is 1.78. The zero-order chi connectivity index (χ0) is 17.0. The van der Waals surface area contributed by atoms with Crippen LogP contribution in [0.3, 0.4) is 0 Å². The van der Waals surface area contributed by atoms with Crippen molar-refractivity contribution in [3.63, 3.8) is 0 Å². The third-order valence-corrected chi connectivity index (χ3v) is 2.54. The Hall–Kier alpha value is -1.71. The molecule has 2 atom stereocenters. The molecule has 1 aliphatic rings. The number of carbonyl (C=O) groups is 3. The van der Waals surface area contributed by atoms with Crippen LogP contribution in [-0.4, -0.2) is 58.4 Å². The first-order valence-corrected chi connectivity index (χ1v) is 6.49. The lowest BCUT2D eigenvalue weighted by Gasteiger charge is -2.07. The standard InChI is InChI=1S/C5H9NO2.C5H11NO2.C2H5NO2/c7-5(8)4-2-1-3-6-4;1-3(2)4(6)5(7)8;3-1-2(4)5/h4,6H,1-3H2,(H,7,8);3-4H,6H2,1-2H3,(H,7,8);1,3H2,(H,4,5)/t2*4-;/m00./s1. The molecule has 0 amide bonds. The van der Waals surface area contributed by atoms with Crippen LogP contribution in [0.1, 0.15) is 26.7 Å². The molecule has 21 heavy (non-hydrogen) atoms. The summed E-state index contributed by atoms with van der Waals surface area (Å²) in [6.45, 7) is 4.13. The Kier molecular flexibility index (Phi) is 12.4. The van der Waals surface area contributed by atoms with Crippen molar-refractivity contribution in [1.82, 2.24) is 5.32 Å². The highest BCUT2D eigenvalue weighted by Crippen LogP contribution is 2.03. The maximum absolute atomic E-state index is 10.1. The van der Waals surface area contributed by atoms with Gasteiger partial charge >= 0.3 is 17.9 Å². The van der Waals surface area contributed by atoms with Crippen molar-refractivity contribution in [2.75, 3.05) is 13.1 Å². The van der Waals surface area contributed by atoms with E-state index in [0.717, 1.165) is 19.4 Å². The van der Waals surface area contributed by atoms with E-state index in [1.54, 1.807) is 13.8 Å². The number of nitrogens with two attached hydrogens (primary N) is 2. The van der Waals surface area contributed by atoms with Crippen molar-refractivity contribution in [3.05, 3.63) is 0 Å². The van der Waals surface area contributed by atoms with Gasteiger partial charge in [-0.1, -0.05) is 13.8 Å². The van der Waals surface area contributed by atoms with E-state index in [0.29, 0.717) is 0 Å². The molecule has 1 aliphatic heterocycles. The summed E-state index contributed by atoms with van der Waals surface area (Å²) in [5.41, 5.74) is 9.73. The van der Waals surface area contributed by atoms with Crippen molar-refractivity contribution in [2.45, 2.75) is 38.8 Å². The van der Waals surface area contributed by atoms with Crippen LogP contribution in [0, 0.1) is 5.92 Å². The van der Waals surface area contributed by atoms with Gasteiger partial charge in [0.05, 0.1) is 6.54 Å². The van der Waals surface area contributed by atoms with Gasteiger partial charge in [-0.05, 0) is 25.3 Å². The molecule has 0 saturated carbocycles. The van der Waals surface area contributed by atoms with E-state index in [2.05, 4.69) is 11.1 Å². The molecule has 0 spiro atoms. The van der Waals surface area contributed by atoms with Crippen molar-refractivity contribution in [1.29, 1.82) is 0 Å². The summed E-state index contributed by atoms with van der Waals surface area (Å²) in [4.78, 5) is 29.4. The average molecular weight is 307 g/mol. The zero-order valence-corrected chi connectivity index (χ0v) is 12.3. The second-order valence-corrected chi connectivity index (χ2v) is 4.69. The Balaban J connectivity index is 0. The monoisotopic (exact) mass is 307 g/mol. The number of rotatable bonds is 4. The van der Waals surface area contributed by atoms with Gasteiger partial charge in [-0.2, -0.15) is 0 Å². The highest BCUT2D eigenvalue weighted by atomic mass is 16.4. The van der Waals surface area contributed by atoms with Gasteiger partial charge in [-0.3, -0.25) is 14.4 Å². The molecule has 0 aliphatic carbocycles. The van der Waals surface area contributed by atoms with Crippen molar-refractivity contribution in [2.24, 2.45) is 17.4 Å². The molecule has 0 unspecified atom stereocenters. The molecular formula is C12H25N3O6. The number of hydrogen-bond acceptors (Lipinski definition) is 6. The lowest BCUT2D eigenvalue weighted by Crippen LogP contribution is -2.34. The van der Waals surface area contributed by atoms with E-state index in [4.69, 9.17) is 21.1 Å². The molecule has 0 aromatic heterocycles.